The van der Waals surface area contributed by atoms with Crippen molar-refractivity contribution in [3.8, 4) is 11.5 Å². The molecule has 2 aromatic rings. The summed E-state index contributed by atoms with van der Waals surface area (Å²) >= 11 is 0. The van der Waals surface area contributed by atoms with E-state index in [1.807, 2.05) is 39.0 Å². The monoisotopic (exact) mass is 344 g/mol. The fourth-order valence-corrected chi connectivity index (χ4v) is 2.97. The van der Waals surface area contributed by atoms with Crippen LogP contribution in [0.25, 0.3) is 0 Å². The Labute approximate surface area is 147 Å². The molecule has 0 saturated carbocycles. The third-order valence-corrected chi connectivity index (χ3v) is 4.06. The van der Waals surface area contributed by atoms with Crippen molar-refractivity contribution in [2.24, 2.45) is 7.05 Å². The van der Waals surface area contributed by atoms with Crippen LogP contribution in [0, 0.1) is 6.92 Å². The molecule has 0 bridgehead atoms. The molecule has 1 atom stereocenters. The molecule has 2 heterocycles. The van der Waals surface area contributed by atoms with E-state index in [9.17, 15) is 4.79 Å². The first kappa shape index (κ1) is 17.1. The number of rotatable bonds is 5. The number of urea groups is 1. The molecule has 0 fully saturated rings. The van der Waals surface area contributed by atoms with Crippen LogP contribution in [0.3, 0.4) is 0 Å². The second-order valence-electron chi connectivity index (χ2n) is 6.24. The summed E-state index contributed by atoms with van der Waals surface area (Å²) in [5.74, 6) is 2.30. The molecule has 0 spiro atoms. The minimum absolute atomic E-state index is 0.170. The summed E-state index contributed by atoms with van der Waals surface area (Å²) in [5.41, 5.74) is 2.89. The number of anilines is 1. The van der Waals surface area contributed by atoms with Crippen LogP contribution in [0.5, 0.6) is 11.5 Å². The number of carbonyl (C=O) groups excluding carboxylic acids is 1. The summed E-state index contributed by atoms with van der Waals surface area (Å²) < 4.78 is 13.2. The number of fused-ring (bicyclic) bond motifs is 1. The van der Waals surface area contributed by atoms with Gasteiger partial charge in [-0.3, -0.25) is 10.00 Å². The molecule has 1 aromatic carbocycles. The maximum Gasteiger partial charge on any atom is 0.320 e. The van der Waals surface area contributed by atoms with Gasteiger partial charge in [0.25, 0.3) is 0 Å². The predicted molar refractivity (Wildman–Crippen MR) is 95.2 cm³/mol. The molecule has 1 aliphatic heterocycles. The zero-order valence-electron chi connectivity index (χ0n) is 15.0. The highest BCUT2D eigenvalue weighted by atomic mass is 16.5. The van der Waals surface area contributed by atoms with Crippen molar-refractivity contribution in [3.63, 3.8) is 0 Å². The molecule has 25 heavy (non-hydrogen) atoms. The lowest BCUT2D eigenvalue weighted by Gasteiger charge is -2.14. The summed E-state index contributed by atoms with van der Waals surface area (Å²) in [6.45, 7) is 6.79. The van der Waals surface area contributed by atoms with Crippen LogP contribution in [0.4, 0.5) is 10.6 Å². The number of hydrogen-bond acceptors (Lipinski definition) is 4. The van der Waals surface area contributed by atoms with Gasteiger partial charge >= 0.3 is 6.03 Å². The zero-order valence-corrected chi connectivity index (χ0v) is 15.0. The van der Waals surface area contributed by atoms with E-state index in [2.05, 4.69) is 15.7 Å². The van der Waals surface area contributed by atoms with Crippen molar-refractivity contribution < 1.29 is 14.3 Å². The highest BCUT2D eigenvalue weighted by molar-refractivity contribution is 5.88. The summed E-state index contributed by atoms with van der Waals surface area (Å²) in [5, 5.41) is 9.85. The highest BCUT2D eigenvalue weighted by Gasteiger charge is 2.22. The third-order valence-electron chi connectivity index (χ3n) is 4.06. The van der Waals surface area contributed by atoms with Crippen molar-refractivity contribution in [3.05, 3.63) is 35.0 Å². The van der Waals surface area contributed by atoms with Crippen LogP contribution in [0.2, 0.25) is 0 Å². The Bertz CT molecular complexity index is 785. The molecule has 7 heteroatoms. The van der Waals surface area contributed by atoms with E-state index in [4.69, 9.17) is 9.47 Å². The molecule has 7 nitrogen and oxygen atoms in total. The van der Waals surface area contributed by atoms with Crippen molar-refractivity contribution in [1.82, 2.24) is 15.1 Å². The number of benzene rings is 1. The quantitative estimate of drug-likeness (QED) is 0.874. The number of aryl methyl sites for hydroxylation is 2. The lowest BCUT2D eigenvalue weighted by atomic mass is 10.1. The molecule has 2 N–H and O–H groups in total. The summed E-state index contributed by atoms with van der Waals surface area (Å²) in [6.07, 6.45) is 1.05. The number of amides is 2. The number of hydrogen-bond donors (Lipinski definition) is 2. The van der Waals surface area contributed by atoms with Gasteiger partial charge in [-0.15, -0.1) is 0 Å². The Hall–Kier alpha value is -2.70. The van der Waals surface area contributed by atoms with E-state index < -0.39 is 0 Å². The molecule has 3 rings (SSSR count). The smallest absolute Gasteiger partial charge is 0.320 e. The molecule has 134 valence electrons. The fraction of sp³-hybridized carbons (Fsp3) is 0.444. The van der Waals surface area contributed by atoms with Gasteiger partial charge in [-0.25, -0.2) is 4.79 Å². The summed E-state index contributed by atoms with van der Waals surface area (Å²) in [7, 11) is 1.79. The van der Waals surface area contributed by atoms with Crippen molar-refractivity contribution >= 4 is 11.8 Å². The number of nitrogens with one attached hydrogen (secondary N) is 2. The molecular weight excluding hydrogens is 320 g/mol. The molecule has 1 aliphatic rings. The predicted octanol–water partition coefficient (Wildman–Crippen LogP) is 2.77. The van der Waals surface area contributed by atoms with E-state index in [1.165, 1.54) is 0 Å². The lowest BCUT2D eigenvalue weighted by molar-refractivity contribution is 0.250. The first-order valence-electron chi connectivity index (χ1n) is 8.47. The Morgan fingerprint density at radius 3 is 2.92 bits per heavy atom. The van der Waals surface area contributed by atoms with E-state index >= 15 is 0 Å². The van der Waals surface area contributed by atoms with Crippen LogP contribution in [0.15, 0.2) is 18.2 Å². The van der Waals surface area contributed by atoms with Crippen molar-refractivity contribution in [1.29, 1.82) is 0 Å². The van der Waals surface area contributed by atoms with Crippen LogP contribution in [-0.4, -0.2) is 28.5 Å². The van der Waals surface area contributed by atoms with E-state index in [0.717, 1.165) is 34.7 Å². The molecule has 2 amide bonds. The van der Waals surface area contributed by atoms with Crippen LogP contribution in [0.1, 0.15) is 30.7 Å². The van der Waals surface area contributed by atoms with Gasteiger partial charge in [0.1, 0.15) is 23.4 Å². The second kappa shape index (κ2) is 7.04. The first-order valence-corrected chi connectivity index (χ1v) is 8.47. The van der Waals surface area contributed by atoms with Gasteiger partial charge in [-0.2, -0.15) is 5.10 Å². The Morgan fingerprint density at radius 1 is 1.44 bits per heavy atom. The van der Waals surface area contributed by atoms with Gasteiger partial charge in [0.2, 0.25) is 0 Å². The first-order chi connectivity index (χ1) is 12.0. The van der Waals surface area contributed by atoms with Gasteiger partial charge in [-0.05, 0) is 32.9 Å². The normalized spacial score (nSPS) is 15.4. The SMILES string of the molecule is CCOc1cc2c(cc1CNC(=O)Nc1cc(C)nn1C)OC(C)C2. The average Bonchev–Trinajstić information content (AvgIpc) is 3.05. The van der Waals surface area contributed by atoms with Gasteiger partial charge < -0.3 is 14.8 Å². The molecule has 1 aromatic heterocycles. The van der Waals surface area contributed by atoms with Gasteiger partial charge in [0, 0.05) is 37.2 Å². The Balaban J connectivity index is 1.68. The maximum atomic E-state index is 12.2. The maximum absolute atomic E-state index is 12.2. The molecule has 0 saturated heterocycles. The molecule has 0 aliphatic carbocycles. The van der Waals surface area contributed by atoms with Gasteiger partial charge in [-0.1, -0.05) is 0 Å². The Kier molecular flexibility index (Phi) is 4.83. The van der Waals surface area contributed by atoms with Crippen molar-refractivity contribution in [2.45, 2.75) is 39.8 Å². The summed E-state index contributed by atoms with van der Waals surface area (Å²) in [4.78, 5) is 12.2. The van der Waals surface area contributed by atoms with E-state index in [1.54, 1.807) is 11.7 Å². The van der Waals surface area contributed by atoms with Gasteiger partial charge in [0.15, 0.2) is 0 Å². The highest BCUT2D eigenvalue weighted by Crippen LogP contribution is 2.35. The van der Waals surface area contributed by atoms with E-state index in [0.29, 0.717) is 19.0 Å². The lowest BCUT2D eigenvalue weighted by Crippen LogP contribution is -2.29. The standard InChI is InChI=1S/C18H24N4O3/c1-5-24-15-8-13-7-12(3)25-16(13)9-14(15)10-19-18(23)20-17-6-11(2)21-22(17)4/h6,8-9,12H,5,7,10H2,1-4H3,(H2,19,20,23). The minimum atomic E-state index is -0.291. The molecular formula is C18H24N4O3. The third kappa shape index (κ3) is 3.87. The molecule has 0 radical (unpaired) electrons. The fourth-order valence-electron chi connectivity index (χ4n) is 2.97. The van der Waals surface area contributed by atoms with E-state index in [-0.39, 0.29) is 12.1 Å². The zero-order chi connectivity index (χ0) is 18.0. The molecule has 1 unspecified atom stereocenters. The summed E-state index contributed by atoms with van der Waals surface area (Å²) in [6, 6.07) is 5.50. The largest absolute Gasteiger partial charge is 0.494 e. The van der Waals surface area contributed by atoms with Gasteiger partial charge in [0.05, 0.1) is 12.3 Å². The Morgan fingerprint density at radius 2 is 2.24 bits per heavy atom. The topological polar surface area (TPSA) is 77.4 Å². The minimum Gasteiger partial charge on any atom is -0.494 e. The average molecular weight is 344 g/mol. The number of nitrogens with zero attached hydrogens (tertiary/aromatic N) is 2. The number of carbonyl (C=O) groups is 1. The van der Waals surface area contributed by atoms with Crippen LogP contribution < -0.4 is 20.1 Å². The van der Waals surface area contributed by atoms with Crippen LogP contribution >= 0.6 is 0 Å². The number of ether oxygens (including phenoxy) is 2. The number of aromatic nitrogens is 2. The second-order valence-corrected chi connectivity index (χ2v) is 6.24. The van der Waals surface area contributed by atoms with Crippen LogP contribution in [-0.2, 0) is 20.0 Å². The van der Waals surface area contributed by atoms with Crippen molar-refractivity contribution in [2.75, 3.05) is 11.9 Å².